The van der Waals surface area contributed by atoms with Crippen LogP contribution in [-0.4, -0.2) is 19.6 Å². The average molecular weight is 368 g/mol. The molecule has 0 unspecified atom stereocenters. The first-order valence-electron chi connectivity index (χ1n) is 7.42. The third-order valence-electron chi connectivity index (χ3n) is 3.48. The Morgan fingerprint density at radius 3 is 2.58 bits per heavy atom. The lowest BCUT2D eigenvalue weighted by Gasteiger charge is -2.17. The second-order valence-corrected chi connectivity index (χ2v) is 6.24. The monoisotopic (exact) mass is 367 g/mol. The zero-order valence-electron chi connectivity index (χ0n) is 13.7. The van der Waals surface area contributed by atoms with E-state index in [0.717, 1.165) is 11.1 Å². The normalized spacial score (nSPS) is 11.7. The minimum absolute atomic E-state index is 0.116. The van der Waals surface area contributed by atoms with E-state index in [2.05, 4.69) is 5.32 Å². The summed E-state index contributed by atoms with van der Waals surface area (Å²) in [6.45, 7) is 3.69. The van der Waals surface area contributed by atoms with Crippen molar-refractivity contribution in [3.8, 4) is 11.5 Å². The molecule has 2 aromatic carbocycles. The molecule has 0 aliphatic carbocycles. The maximum atomic E-state index is 12.1. The minimum atomic E-state index is -0.259. The molecular weight excluding hydrogens is 349 g/mol. The van der Waals surface area contributed by atoms with Gasteiger partial charge in [-0.05, 0) is 49.2 Å². The van der Waals surface area contributed by atoms with Crippen LogP contribution in [0.3, 0.4) is 0 Å². The lowest BCUT2D eigenvalue weighted by Crippen LogP contribution is -2.31. The summed E-state index contributed by atoms with van der Waals surface area (Å²) >= 11 is 12.0. The van der Waals surface area contributed by atoms with E-state index in [1.54, 1.807) is 31.4 Å². The first kappa shape index (κ1) is 18.4. The molecular formula is C18H19Cl2NO3. The van der Waals surface area contributed by atoms with E-state index in [-0.39, 0.29) is 18.6 Å². The molecule has 0 radical (unpaired) electrons. The van der Waals surface area contributed by atoms with Gasteiger partial charge in [0.15, 0.2) is 18.1 Å². The largest absolute Gasteiger partial charge is 0.493 e. The third kappa shape index (κ3) is 4.79. The number of methoxy groups -OCH3 is 1. The molecule has 0 aliphatic heterocycles. The van der Waals surface area contributed by atoms with Crippen LogP contribution in [0.1, 0.15) is 24.1 Å². The van der Waals surface area contributed by atoms with E-state index in [1.807, 2.05) is 26.0 Å². The van der Waals surface area contributed by atoms with E-state index in [0.29, 0.717) is 21.5 Å². The Morgan fingerprint density at radius 2 is 1.92 bits per heavy atom. The summed E-state index contributed by atoms with van der Waals surface area (Å²) in [4.78, 5) is 12.1. The van der Waals surface area contributed by atoms with Gasteiger partial charge < -0.3 is 14.8 Å². The average Bonchev–Trinajstić information content (AvgIpc) is 2.53. The first-order chi connectivity index (χ1) is 11.4. The number of hydrogen-bond acceptors (Lipinski definition) is 3. The van der Waals surface area contributed by atoms with Crippen molar-refractivity contribution < 1.29 is 14.3 Å². The van der Waals surface area contributed by atoms with Crippen molar-refractivity contribution in [2.45, 2.75) is 19.9 Å². The molecule has 1 atom stereocenters. The number of nitrogens with one attached hydrogen (secondary N) is 1. The van der Waals surface area contributed by atoms with Crippen molar-refractivity contribution in [1.29, 1.82) is 0 Å². The number of rotatable bonds is 6. The van der Waals surface area contributed by atoms with Crippen LogP contribution in [0.4, 0.5) is 0 Å². The van der Waals surface area contributed by atoms with Gasteiger partial charge in [-0.1, -0.05) is 35.3 Å². The SMILES string of the molecule is COc1cc(C)ccc1OCC(=O)N[C@@H](C)c1ccc(Cl)cc1Cl. The van der Waals surface area contributed by atoms with Crippen LogP contribution in [0.2, 0.25) is 10.0 Å². The van der Waals surface area contributed by atoms with Crippen molar-refractivity contribution >= 4 is 29.1 Å². The molecule has 0 bridgehead atoms. The van der Waals surface area contributed by atoms with Gasteiger partial charge >= 0.3 is 0 Å². The summed E-state index contributed by atoms with van der Waals surface area (Å²) in [5.41, 5.74) is 1.84. The fourth-order valence-corrected chi connectivity index (χ4v) is 2.82. The molecule has 0 saturated carbocycles. The van der Waals surface area contributed by atoms with Gasteiger partial charge in [0.2, 0.25) is 0 Å². The molecule has 0 fully saturated rings. The van der Waals surface area contributed by atoms with E-state index in [4.69, 9.17) is 32.7 Å². The lowest BCUT2D eigenvalue weighted by atomic mass is 10.1. The first-order valence-corrected chi connectivity index (χ1v) is 8.18. The summed E-state index contributed by atoms with van der Waals surface area (Å²) in [6.07, 6.45) is 0. The van der Waals surface area contributed by atoms with Gasteiger partial charge in [-0.3, -0.25) is 4.79 Å². The number of ether oxygens (including phenoxy) is 2. The van der Waals surface area contributed by atoms with Crippen molar-refractivity contribution in [2.75, 3.05) is 13.7 Å². The van der Waals surface area contributed by atoms with E-state index >= 15 is 0 Å². The molecule has 1 amide bonds. The van der Waals surface area contributed by atoms with Gasteiger partial charge in [-0.15, -0.1) is 0 Å². The maximum absolute atomic E-state index is 12.1. The third-order valence-corrected chi connectivity index (χ3v) is 4.05. The zero-order valence-corrected chi connectivity index (χ0v) is 15.2. The van der Waals surface area contributed by atoms with Crippen molar-refractivity contribution in [1.82, 2.24) is 5.32 Å². The Labute approximate surface area is 151 Å². The van der Waals surface area contributed by atoms with Gasteiger partial charge in [0.25, 0.3) is 5.91 Å². The number of hydrogen-bond donors (Lipinski definition) is 1. The summed E-state index contributed by atoms with van der Waals surface area (Å²) in [5, 5.41) is 3.91. The van der Waals surface area contributed by atoms with Gasteiger partial charge in [0.1, 0.15) is 0 Å². The van der Waals surface area contributed by atoms with E-state index in [1.165, 1.54) is 0 Å². The van der Waals surface area contributed by atoms with Crippen molar-refractivity contribution in [3.05, 3.63) is 57.6 Å². The quantitative estimate of drug-likeness (QED) is 0.813. The Morgan fingerprint density at radius 1 is 1.17 bits per heavy atom. The molecule has 1 N–H and O–H groups in total. The van der Waals surface area contributed by atoms with E-state index in [9.17, 15) is 4.79 Å². The van der Waals surface area contributed by atoms with Gasteiger partial charge in [0, 0.05) is 10.0 Å². The van der Waals surface area contributed by atoms with Gasteiger partial charge in [-0.25, -0.2) is 0 Å². The highest BCUT2D eigenvalue weighted by Crippen LogP contribution is 2.28. The van der Waals surface area contributed by atoms with E-state index < -0.39 is 0 Å². The Kier molecular flexibility index (Phi) is 6.35. The Balaban J connectivity index is 1.96. The van der Waals surface area contributed by atoms with Gasteiger partial charge in [-0.2, -0.15) is 0 Å². The van der Waals surface area contributed by atoms with Crippen molar-refractivity contribution in [2.24, 2.45) is 0 Å². The molecule has 2 rings (SSSR count). The minimum Gasteiger partial charge on any atom is -0.493 e. The highest BCUT2D eigenvalue weighted by molar-refractivity contribution is 6.35. The maximum Gasteiger partial charge on any atom is 0.258 e. The molecule has 128 valence electrons. The van der Waals surface area contributed by atoms with Gasteiger partial charge in [0.05, 0.1) is 13.2 Å². The van der Waals surface area contributed by atoms with Crippen LogP contribution >= 0.6 is 23.2 Å². The predicted molar refractivity (Wildman–Crippen MR) is 96.2 cm³/mol. The second-order valence-electron chi connectivity index (χ2n) is 5.40. The number of carbonyl (C=O) groups excluding carboxylic acids is 1. The predicted octanol–water partition coefficient (Wildman–Crippen LogP) is 4.57. The second kappa shape index (κ2) is 8.27. The molecule has 0 aromatic heterocycles. The summed E-state index contributed by atoms with van der Waals surface area (Å²) in [5.74, 6) is 0.864. The standard InChI is InChI=1S/C18H19Cl2NO3/c1-11-4-7-16(17(8-11)23-3)24-10-18(22)21-12(2)14-6-5-13(19)9-15(14)20/h4-9,12H,10H2,1-3H3,(H,21,22)/t12-/m0/s1. The number of aryl methyl sites for hydroxylation is 1. The molecule has 2 aromatic rings. The molecule has 0 aliphatic rings. The summed E-state index contributed by atoms with van der Waals surface area (Å²) in [7, 11) is 1.56. The fraction of sp³-hybridized carbons (Fsp3) is 0.278. The zero-order chi connectivity index (χ0) is 17.7. The summed E-state index contributed by atoms with van der Waals surface area (Å²) in [6, 6.07) is 10.4. The van der Waals surface area contributed by atoms with Crippen LogP contribution in [-0.2, 0) is 4.79 Å². The molecule has 0 spiro atoms. The molecule has 0 saturated heterocycles. The Hall–Kier alpha value is -1.91. The Bertz CT molecular complexity index is 734. The summed E-state index contributed by atoms with van der Waals surface area (Å²) < 4.78 is 10.8. The highest BCUT2D eigenvalue weighted by atomic mass is 35.5. The fourth-order valence-electron chi connectivity index (χ4n) is 2.25. The van der Waals surface area contributed by atoms with Crippen LogP contribution in [0, 0.1) is 6.92 Å². The smallest absolute Gasteiger partial charge is 0.258 e. The van der Waals surface area contributed by atoms with Crippen molar-refractivity contribution in [3.63, 3.8) is 0 Å². The number of benzene rings is 2. The van der Waals surface area contributed by atoms with Crippen LogP contribution in [0.5, 0.6) is 11.5 Å². The number of carbonyl (C=O) groups is 1. The molecule has 6 heteroatoms. The highest BCUT2D eigenvalue weighted by Gasteiger charge is 2.14. The van der Waals surface area contributed by atoms with Crippen LogP contribution in [0.25, 0.3) is 0 Å². The number of amides is 1. The molecule has 0 heterocycles. The molecule has 24 heavy (non-hydrogen) atoms. The lowest BCUT2D eigenvalue weighted by molar-refractivity contribution is -0.123. The van der Waals surface area contributed by atoms with Crippen LogP contribution in [0.15, 0.2) is 36.4 Å². The molecule has 4 nitrogen and oxygen atoms in total. The topological polar surface area (TPSA) is 47.6 Å². The number of halogens is 2. The van der Waals surface area contributed by atoms with Crippen LogP contribution < -0.4 is 14.8 Å².